The van der Waals surface area contributed by atoms with Crippen LogP contribution in [-0.2, 0) is 0 Å². The Balaban J connectivity index is 2.79. The zero-order valence-corrected chi connectivity index (χ0v) is 9.88. The Labute approximate surface area is 99.3 Å². The minimum Gasteiger partial charge on any atom is -0.374 e. The molecule has 1 rings (SSSR count). The molecule has 0 fully saturated rings. The smallest absolute Gasteiger partial charge is 0.231 e. The van der Waals surface area contributed by atoms with Crippen molar-refractivity contribution in [2.45, 2.75) is 39.1 Å². The Bertz CT molecular complexity index is 331. The second-order valence-corrected chi connectivity index (χ2v) is 3.48. The van der Waals surface area contributed by atoms with Crippen LogP contribution in [0, 0.1) is 0 Å². The quantitative estimate of drug-likeness (QED) is 0.431. The van der Waals surface area contributed by atoms with Gasteiger partial charge in [-0.15, -0.1) is 0 Å². The van der Waals surface area contributed by atoms with Crippen LogP contribution in [0.25, 0.3) is 0 Å². The lowest BCUT2D eigenvalue weighted by Gasteiger charge is -2.13. The van der Waals surface area contributed by atoms with Crippen LogP contribution in [0.15, 0.2) is 0 Å². The van der Waals surface area contributed by atoms with Gasteiger partial charge >= 0.3 is 0 Å². The minimum absolute atomic E-state index is 0.0107. The van der Waals surface area contributed by atoms with Gasteiger partial charge in [-0.05, 0) is 12.8 Å². The van der Waals surface area contributed by atoms with Gasteiger partial charge in [-0.2, -0.15) is 15.0 Å². The van der Waals surface area contributed by atoms with Gasteiger partial charge in [0.05, 0.1) is 0 Å². The Morgan fingerprint density at radius 1 is 1.00 bits per heavy atom. The monoisotopic (exact) mass is 242 g/mol. The molecule has 17 heavy (non-hydrogen) atoms. The van der Waals surface area contributed by atoms with Crippen molar-refractivity contribution in [3.8, 4) is 0 Å². The number of nitrogens with two attached hydrogens (primary N) is 1. The van der Waals surface area contributed by atoms with Gasteiger partial charge < -0.3 is 26.6 Å². The fourth-order valence-corrected chi connectivity index (χ4v) is 1.02. The molecule has 0 radical (unpaired) electrons. The molecule has 0 amide bonds. The Morgan fingerprint density at radius 2 is 1.41 bits per heavy atom. The summed E-state index contributed by atoms with van der Waals surface area (Å²) in [5, 5.41) is 24.1. The molecule has 0 saturated carbocycles. The maximum absolute atomic E-state index is 9.40. The normalized spacial score (nSPS) is 14.1. The predicted octanol–water partition coefficient (Wildman–Crippen LogP) is -0.266. The second-order valence-electron chi connectivity index (χ2n) is 3.48. The van der Waals surface area contributed by atoms with Crippen molar-refractivity contribution in [1.82, 2.24) is 15.0 Å². The van der Waals surface area contributed by atoms with E-state index in [2.05, 4.69) is 25.6 Å². The van der Waals surface area contributed by atoms with Crippen LogP contribution in [0.5, 0.6) is 0 Å². The van der Waals surface area contributed by atoms with Crippen LogP contribution in [0.3, 0.4) is 0 Å². The summed E-state index contributed by atoms with van der Waals surface area (Å²) >= 11 is 0. The van der Waals surface area contributed by atoms with Gasteiger partial charge in [0.2, 0.25) is 17.8 Å². The van der Waals surface area contributed by atoms with Crippen molar-refractivity contribution in [3.05, 3.63) is 0 Å². The molecule has 0 spiro atoms. The van der Waals surface area contributed by atoms with Gasteiger partial charge in [-0.1, -0.05) is 13.8 Å². The zero-order valence-electron chi connectivity index (χ0n) is 9.88. The van der Waals surface area contributed by atoms with Crippen LogP contribution in [0.1, 0.15) is 26.7 Å². The molecule has 96 valence electrons. The molecule has 6 N–H and O–H groups in total. The van der Waals surface area contributed by atoms with Gasteiger partial charge in [0.1, 0.15) is 12.5 Å². The van der Waals surface area contributed by atoms with Gasteiger partial charge in [-0.3, -0.25) is 0 Å². The SMILES string of the molecule is CCC(O)Nc1nc(N)nc(NC(O)CC)n1. The Morgan fingerprint density at radius 3 is 1.76 bits per heavy atom. The van der Waals surface area contributed by atoms with Crippen LogP contribution >= 0.6 is 0 Å². The molecular formula is C9H18N6O2. The minimum atomic E-state index is -0.749. The van der Waals surface area contributed by atoms with E-state index in [0.717, 1.165) is 0 Å². The van der Waals surface area contributed by atoms with E-state index in [1.807, 2.05) is 13.8 Å². The topological polar surface area (TPSA) is 129 Å². The summed E-state index contributed by atoms with van der Waals surface area (Å²) in [6.45, 7) is 3.62. The molecule has 2 unspecified atom stereocenters. The van der Waals surface area contributed by atoms with Gasteiger partial charge in [0.25, 0.3) is 0 Å². The van der Waals surface area contributed by atoms with Gasteiger partial charge in [0, 0.05) is 0 Å². The number of aromatic nitrogens is 3. The van der Waals surface area contributed by atoms with Crippen molar-refractivity contribution in [2.24, 2.45) is 0 Å². The molecule has 0 bridgehead atoms. The fraction of sp³-hybridized carbons (Fsp3) is 0.667. The third-order valence-corrected chi connectivity index (χ3v) is 2.02. The number of hydrogen-bond donors (Lipinski definition) is 5. The summed E-state index contributed by atoms with van der Waals surface area (Å²) in [4.78, 5) is 11.6. The number of nitrogens with one attached hydrogen (secondary N) is 2. The van der Waals surface area contributed by atoms with Crippen LogP contribution in [-0.4, -0.2) is 37.6 Å². The average molecular weight is 242 g/mol. The number of nitrogens with zero attached hydrogens (tertiary/aromatic N) is 3. The van der Waals surface area contributed by atoms with Crippen LogP contribution in [0.2, 0.25) is 0 Å². The van der Waals surface area contributed by atoms with Crippen LogP contribution in [0.4, 0.5) is 17.8 Å². The Kier molecular flexibility index (Phi) is 4.85. The van der Waals surface area contributed by atoms with Crippen molar-refractivity contribution in [2.75, 3.05) is 16.4 Å². The molecule has 1 aromatic rings. The lowest BCUT2D eigenvalue weighted by atomic mass is 10.4. The van der Waals surface area contributed by atoms with E-state index in [-0.39, 0.29) is 17.8 Å². The summed E-state index contributed by atoms with van der Waals surface area (Å²) in [6, 6.07) is 0. The highest BCUT2D eigenvalue weighted by atomic mass is 16.3. The molecule has 0 aromatic carbocycles. The molecule has 0 aliphatic carbocycles. The van der Waals surface area contributed by atoms with Crippen molar-refractivity contribution in [3.63, 3.8) is 0 Å². The summed E-state index contributed by atoms with van der Waals surface area (Å²) in [7, 11) is 0. The highest BCUT2D eigenvalue weighted by Crippen LogP contribution is 2.09. The third kappa shape index (κ3) is 4.37. The molecule has 0 aliphatic heterocycles. The fourth-order valence-electron chi connectivity index (χ4n) is 1.02. The van der Waals surface area contributed by atoms with E-state index in [4.69, 9.17) is 5.73 Å². The zero-order chi connectivity index (χ0) is 12.8. The summed E-state index contributed by atoms with van der Waals surface area (Å²) in [5.41, 5.74) is 5.49. The average Bonchev–Trinajstić information content (AvgIpc) is 2.27. The van der Waals surface area contributed by atoms with E-state index in [1.54, 1.807) is 0 Å². The maximum Gasteiger partial charge on any atom is 0.231 e. The van der Waals surface area contributed by atoms with E-state index < -0.39 is 12.5 Å². The highest BCUT2D eigenvalue weighted by Gasteiger charge is 2.09. The number of anilines is 3. The highest BCUT2D eigenvalue weighted by molar-refractivity contribution is 5.40. The molecular weight excluding hydrogens is 224 g/mol. The molecule has 0 aliphatic rings. The predicted molar refractivity (Wildman–Crippen MR) is 64.1 cm³/mol. The first-order valence-electron chi connectivity index (χ1n) is 5.45. The maximum atomic E-state index is 9.40. The second kappa shape index (κ2) is 6.16. The van der Waals surface area contributed by atoms with E-state index >= 15 is 0 Å². The third-order valence-electron chi connectivity index (χ3n) is 2.02. The first-order valence-corrected chi connectivity index (χ1v) is 5.45. The molecule has 8 nitrogen and oxygen atoms in total. The molecule has 2 atom stereocenters. The van der Waals surface area contributed by atoms with Gasteiger partial charge in [0.15, 0.2) is 0 Å². The van der Waals surface area contributed by atoms with Crippen LogP contribution < -0.4 is 16.4 Å². The number of hydrogen-bond acceptors (Lipinski definition) is 8. The largest absolute Gasteiger partial charge is 0.374 e. The van der Waals surface area contributed by atoms with E-state index in [0.29, 0.717) is 12.8 Å². The van der Waals surface area contributed by atoms with Crippen molar-refractivity contribution < 1.29 is 10.2 Å². The van der Waals surface area contributed by atoms with E-state index in [9.17, 15) is 10.2 Å². The Hall–Kier alpha value is -1.67. The number of rotatable bonds is 6. The van der Waals surface area contributed by atoms with Crippen molar-refractivity contribution in [1.29, 1.82) is 0 Å². The molecule has 8 heteroatoms. The first-order chi connectivity index (χ1) is 8.05. The number of nitrogen functional groups attached to an aromatic ring is 1. The van der Waals surface area contributed by atoms with E-state index in [1.165, 1.54) is 0 Å². The lowest BCUT2D eigenvalue weighted by Crippen LogP contribution is -2.23. The summed E-state index contributed by atoms with van der Waals surface area (Å²) in [6.07, 6.45) is -0.487. The standard InChI is InChI=1S/C9H18N6O2/c1-3-5(16)11-8-13-7(10)14-9(15-8)12-6(17)4-2/h5-6,16-17H,3-4H2,1-2H3,(H4,10,11,12,13,14,15). The lowest BCUT2D eigenvalue weighted by molar-refractivity contribution is 0.197. The number of aliphatic hydroxyl groups is 2. The first kappa shape index (κ1) is 13.4. The van der Waals surface area contributed by atoms with Gasteiger partial charge in [-0.25, -0.2) is 0 Å². The number of aliphatic hydroxyl groups excluding tert-OH is 2. The summed E-state index contributed by atoms with van der Waals surface area (Å²) in [5.74, 6) is 0.340. The van der Waals surface area contributed by atoms with Crippen molar-refractivity contribution >= 4 is 17.8 Å². The molecule has 1 aromatic heterocycles. The molecule has 1 heterocycles. The summed E-state index contributed by atoms with van der Waals surface area (Å²) < 4.78 is 0. The molecule has 0 saturated heterocycles.